The molecule has 0 aromatic heterocycles. The zero-order valence-electron chi connectivity index (χ0n) is 10.9. The van der Waals surface area contributed by atoms with E-state index in [-0.39, 0.29) is 0 Å². The van der Waals surface area contributed by atoms with Gasteiger partial charge in [-0.25, -0.2) is 0 Å². The van der Waals surface area contributed by atoms with E-state index in [1.165, 1.54) is 32.2 Å². The van der Waals surface area contributed by atoms with Gasteiger partial charge in [0.05, 0.1) is 5.60 Å². The van der Waals surface area contributed by atoms with Crippen molar-refractivity contribution in [2.45, 2.75) is 64.0 Å². The molecule has 3 N–H and O–H groups in total. The van der Waals surface area contributed by atoms with Crippen molar-refractivity contribution >= 4 is 0 Å². The van der Waals surface area contributed by atoms with Crippen LogP contribution in [0.15, 0.2) is 0 Å². The third-order valence-corrected chi connectivity index (χ3v) is 3.79. The fourth-order valence-electron chi connectivity index (χ4n) is 2.43. The molecule has 1 rings (SSSR count). The molecule has 2 atom stereocenters. The lowest BCUT2D eigenvalue weighted by molar-refractivity contribution is 0.0528. The van der Waals surface area contributed by atoms with Crippen molar-refractivity contribution in [3.63, 3.8) is 0 Å². The Labute approximate surface area is 100 Å². The summed E-state index contributed by atoms with van der Waals surface area (Å²) in [6.07, 6.45) is 7.27. The topological polar surface area (TPSA) is 49.5 Å². The van der Waals surface area contributed by atoms with Crippen LogP contribution in [-0.2, 0) is 0 Å². The van der Waals surface area contributed by atoms with Gasteiger partial charge >= 0.3 is 0 Å². The van der Waals surface area contributed by atoms with Crippen molar-refractivity contribution in [2.24, 2.45) is 5.73 Å². The van der Waals surface area contributed by atoms with Gasteiger partial charge in [-0.15, -0.1) is 0 Å². The molecule has 0 aromatic carbocycles. The van der Waals surface area contributed by atoms with Crippen LogP contribution in [0.3, 0.4) is 0 Å². The number of nitrogens with zero attached hydrogens (tertiary/aromatic N) is 1. The summed E-state index contributed by atoms with van der Waals surface area (Å²) in [4.78, 5) is 2.57. The molecule has 2 unspecified atom stereocenters. The predicted molar refractivity (Wildman–Crippen MR) is 68.4 cm³/mol. The Hall–Kier alpha value is -0.120. The average molecular weight is 228 g/mol. The summed E-state index contributed by atoms with van der Waals surface area (Å²) in [5, 5.41) is 9.83. The van der Waals surface area contributed by atoms with Crippen LogP contribution in [0.25, 0.3) is 0 Å². The van der Waals surface area contributed by atoms with Crippen molar-refractivity contribution in [3.05, 3.63) is 0 Å². The maximum absolute atomic E-state index is 9.83. The molecular formula is C13H28N2O. The molecule has 1 fully saturated rings. The first kappa shape index (κ1) is 13.9. The van der Waals surface area contributed by atoms with Crippen LogP contribution >= 0.6 is 0 Å². The molecule has 96 valence electrons. The molecule has 0 bridgehead atoms. The lowest BCUT2D eigenvalue weighted by atomic mass is 10.0. The Bertz CT molecular complexity index is 194. The Morgan fingerprint density at radius 2 is 2.12 bits per heavy atom. The smallest absolute Gasteiger partial charge is 0.0741 e. The Morgan fingerprint density at radius 1 is 1.38 bits per heavy atom. The minimum atomic E-state index is -0.672. The second-order valence-corrected chi connectivity index (χ2v) is 5.54. The molecule has 1 aliphatic heterocycles. The first-order valence-corrected chi connectivity index (χ1v) is 6.72. The van der Waals surface area contributed by atoms with E-state index < -0.39 is 5.60 Å². The van der Waals surface area contributed by atoms with Gasteiger partial charge in [-0.3, -0.25) is 0 Å². The number of likely N-dealkylation sites (tertiary alicyclic amines) is 1. The third-order valence-electron chi connectivity index (χ3n) is 3.79. The summed E-state index contributed by atoms with van der Waals surface area (Å²) in [5.41, 5.74) is 4.84. The summed E-state index contributed by atoms with van der Waals surface area (Å²) in [5.74, 6) is 0. The van der Waals surface area contributed by atoms with Crippen LogP contribution in [0.4, 0.5) is 0 Å². The van der Waals surface area contributed by atoms with Crippen LogP contribution in [0, 0.1) is 0 Å². The highest BCUT2D eigenvalue weighted by molar-refractivity contribution is 4.76. The second-order valence-electron chi connectivity index (χ2n) is 5.54. The maximum Gasteiger partial charge on any atom is 0.0741 e. The van der Waals surface area contributed by atoms with Gasteiger partial charge in [0.2, 0.25) is 0 Å². The van der Waals surface area contributed by atoms with Gasteiger partial charge in [-0.1, -0.05) is 12.8 Å². The summed E-state index contributed by atoms with van der Waals surface area (Å²) >= 11 is 0. The van der Waals surface area contributed by atoms with Gasteiger partial charge in [-0.2, -0.15) is 0 Å². The molecule has 0 amide bonds. The van der Waals surface area contributed by atoms with E-state index in [1.807, 2.05) is 6.92 Å². The first-order chi connectivity index (χ1) is 7.55. The number of hydrogen-bond acceptors (Lipinski definition) is 3. The maximum atomic E-state index is 9.83. The van der Waals surface area contributed by atoms with Crippen LogP contribution < -0.4 is 5.73 Å². The largest absolute Gasteiger partial charge is 0.389 e. The Kier molecular flexibility index (Phi) is 5.73. The van der Waals surface area contributed by atoms with Gasteiger partial charge in [0.1, 0.15) is 0 Å². The van der Waals surface area contributed by atoms with E-state index in [0.717, 1.165) is 19.4 Å². The van der Waals surface area contributed by atoms with Crippen LogP contribution in [0.1, 0.15) is 52.4 Å². The van der Waals surface area contributed by atoms with Gasteiger partial charge in [0.15, 0.2) is 0 Å². The van der Waals surface area contributed by atoms with E-state index in [0.29, 0.717) is 12.6 Å². The highest BCUT2D eigenvalue weighted by Crippen LogP contribution is 2.18. The van der Waals surface area contributed by atoms with Crippen molar-refractivity contribution < 1.29 is 5.11 Å². The molecular weight excluding hydrogens is 200 g/mol. The molecule has 0 spiro atoms. The van der Waals surface area contributed by atoms with E-state index in [9.17, 15) is 5.11 Å². The van der Waals surface area contributed by atoms with Gasteiger partial charge in [-0.05, 0) is 52.6 Å². The van der Waals surface area contributed by atoms with Gasteiger partial charge in [0.25, 0.3) is 0 Å². The molecule has 3 heteroatoms. The highest BCUT2D eigenvalue weighted by Gasteiger charge is 2.20. The molecule has 1 heterocycles. The summed E-state index contributed by atoms with van der Waals surface area (Å²) in [6, 6.07) is 0.713. The molecule has 1 saturated heterocycles. The van der Waals surface area contributed by atoms with Crippen molar-refractivity contribution in [2.75, 3.05) is 19.6 Å². The zero-order valence-corrected chi connectivity index (χ0v) is 10.9. The zero-order chi connectivity index (χ0) is 12.0. The fraction of sp³-hybridized carbons (Fsp3) is 1.00. The molecule has 1 aliphatic rings. The van der Waals surface area contributed by atoms with Crippen molar-refractivity contribution in [1.29, 1.82) is 0 Å². The number of hydrogen-bond donors (Lipinski definition) is 2. The van der Waals surface area contributed by atoms with Crippen molar-refractivity contribution in [1.82, 2.24) is 4.90 Å². The number of nitrogens with two attached hydrogens (primary N) is 1. The lowest BCUT2D eigenvalue weighted by Crippen LogP contribution is -2.37. The van der Waals surface area contributed by atoms with Crippen LogP contribution in [0.5, 0.6) is 0 Å². The molecule has 3 nitrogen and oxygen atoms in total. The minimum absolute atomic E-state index is 0.364. The lowest BCUT2D eigenvalue weighted by Gasteiger charge is -2.28. The quantitative estimate of drug-likeness (QED) is 0.753. The van der Waals surface area contributed by atoms with E-state index in [2.05, 4.69) is 11.8 Å². The minimum Gasteiger partial charge on any atom is -0.389 e. The average Bonchev–Trinajstić information content (AvgIpc) is 2.44. The monoisotopic (exact) mass is 228 g/mol. The first-order valence-electron chi connectivity index (χ1n) is 6.72. The standard InChI is InChI=1S/C13H28N2O/c1-12-7-4-3-5-9-15(12)10-6-8-13(2,16)11-14/h12,16H,3-11,14H2,1-2H3. The SMILES string of the molecule is CC1CCCCCN1CCCC(C)(O)CN. The van der Waals surface area contributed by atoms with Crippen molar-refractivity contribution in [3.8, 4) is 0 Å². The normalized spacial score (nSPS) is 27.4. The fourth-order valence-corrected chi connectivity index (χ4v) is 2.43. The predicted octanol–water partition coefficient (Wildman–Crippen LogP) is 1.74. The van der Waals surface area contributed by atoms with Crippen LogP contribution in [-0.4, -0.2) is 41.3 Å². The molecule has 0 radical (unpaired) electrons. The summed E-state index contributed by atoms with van der Waals surface area (Å²) in [6.45, 7) is 6.86. The van der Waals surface area contributed by atoms with Crippen LogP contribution in [0.2, 0.25) is 0 Å². The Morgan fingerprint density at radius 3 is 2.81 bits per heavy atom. The molecule has 0 aromatic rings. The van der Waals surface area contributed by atoms with E-state index >= 15 is 0 Å². The van der Waals surface area contributed by atoms with E-state index in [1.54, 1.807) is 0 Å². The Balaban J connectivity index is 2.25. The summed E-state index contributed by atoms with van der Waals surface area (Å²) < 4.78 is 0. The second kappa shape index (κ2) is 6.58. The molecule has 0 aliphatic carbocycles. The van der Waals surface area contributed by atoms with Gasteiger partial charge < -0.3 is 15.7 Å². The molecule has 0 saturated carbocycles. The number of aliphatic hydroxyl groups is 1. The van der Waals surface area contributed by atoms with Gasteiger partial charge in [0, 0.05) is 12.6 Å². The molecule has 16 heavy (non-hydrogen) atoms. The summed E-state index contributed by atoms with van der Waals surface area (Å²) in [7, 11) is 0. The highest BCUT2D eigenvalue weighted by atomic mass is 16.3. The third kappa shape index (κ3) is 4.81. The van der Waals surface area contributed by atoms with E-state index in [4.69, 9.17) is 5.73 Å². The number of rotatable bonds is 5.